The number of allylic oxidation sites excluding steroid dienone is 2. The number of nitrogens with zero attached hydrogens (tertiary/aromatic N) is 1. The van der Waals surface area contributed by atoms with E-state index < -0.39 is 0 Å². The lowest BCUT2D eigenvalue weighted by molar-refractivity contribution is -0.146. The highest BCUT2D eigenvalue weighted by Crippen LogP contribution is 2.64. The molecular formula is C17H16N2O2. The molecule has 0 aromatic heterocycles. The Bertz CT molecular complexity index is 669. The predicted octanol–water partition coefficient (Wildman–Crippen LogP) is 1.75. The maximum Gasteiger partial charge on any atom is 0.250 e. The Morgan fingerprint density at radius 2 is 1.62 bits per heavy atom. The second-order valence-electron chi connectivity index (χ2n) is 6.64. The van der Waals surface area contributed by atoms with Crippen molar-refractivity contribution in [1.29, 1.82) is 0 Å². The molecule has 6 atom stereocenters. The number of nitrogens with one attached hydrogen (secondary N) is 1. The van der Waals surface area contributed by atoms with Crippen molar-refractivity contribution in [2.24, 2.45) is 35.5 Å². The van der Waals surface area contributed by atoms with Crippen LogP contribution < -0.4 is 10.4 Å². The number of carbonyl (C=O) groups excluding carboxylic acids is 2. The van der Waals surface area contributed by atoms with Crippen molar-refractivity contribution in [3.8, 4) is 0 Å². The average Bonchev–Trinajstić information content (AvgIpc) is 3.33. The summed E-state index contributed by atoms with van der Waals surface area (Å²) in [5.41, 5.74) is 3.56. The van der Waals surface area contributed by atoms with Crippen molar-refractivity contribution in [2.75, 3.05) is 5.01 Å². The van der Waals surface area contributed by atoms with Crippen molar-refractivity contribution >= 4 is 17.5 Å². The van der Waals surface area contributed by atoms with E-state index in [4.69, 9.17) is 0 Å². The Balaban J connectivity index is 1.56. The lowest BCUT2D eigenvalue weighted by Crippen LogP contribution is -2.64. The van der Waals surface area contributed by atoms with E-state index in [1.807, 2.05) is 30.3 Å². The number of carbonyl (C=O) groups is 2. The van der Waals surface area contributed by atoms with E-state index in [2.05, 4.69) is 17.6 Å². The van der Waals surface area contributed by atoms with Crippen LogP contribution in [0.5, 0.6) is 0 Å². The molecule has 1 saturated heterocycles. The van der Waals surface area contributed by atoms with Gasteiger partial charge in [0.1, 0.15) is 0 Å². The van der Waals surface area contributed by atoms with Gasteiger partial charge in [0.15, 0.2) is 0 Å². The molecule has 1 aromatic carbocycles. The first-order valence-electron chi connectivity index (χ1n) is 7.63. The minimum atomic E-state index is -0.169. The zero-order valence-electron chi connectivity index (χ0n) is 11.5. The Morgan fingerprint density at radius 3 is 2.33 bits per heavy atom. The van der Waals surface area contributed by atoms with E-state index in [1.54, 1.807) is 0 Å². The molecule has 5 aliphatic rings. The van der Waals surface area contributed by atoms with Crippen LogP contribution in [0.25, 0.3) is 0 Å². The first-order chi connectivity index (χ1) is 10.3. The van der Waals surface area contributed by atoms with Crippen LogP contribution >= 0.6 is 0 Å². The van der Waals surface area contributed by atoms with E-state index in [0.29, 0.717) is 11.8 Å². The van der Waals surface area contributed by atoms with Crippen LogP contribution in [0, 0.1) is 35.5 Å². The molecule has 1 aliphatic heterocycles. The smallest absolute Gasteiger partial charge is 0.250 e. The molecule has 4 heteroatoms. The number of anilines is 1. The number of amides is 2. The number of hydrazine groups is 1. The number of para-hydroxylation sites is 1. The number of hydrogen-bond acceptors (Lipinski definition) is 2. The van der Waals surface area contributed by atoms with Gasteiger partial charge in [-0.1, -0.05) is 30.4 Å². The number of benzene rings is 1. The summed E-state index contributed by atoms with van der Waals surface area (Å²) in [5.74, 6) is 1.54. The monoisotopic (exact) mass is 280 g/mol. The minimum Gasteiger partial charge on any atom is -0.273 e. The Morgan fingerprint density at radius 1 is 0.952 bits per heavy atom. The standard InChI is InChI=1S/C17H16N2O2/c20-16-14-10-6-7-11(13-8-12(10)13)15(14)17(21)19(18-16)9-4-2-1-3-5-9/h1-7,10-15H,8H2,(H,18,20)/t10-,11+,12-,13+,14-,15+/m1/s1. The third-order valence-electron chi connectivity index (χ3n) is 5.70. The molecule has 3 fully saturated rings. The largest absolute Gasteiger partial charge is 0.273 e. The topological polar surface area (TPSA) is 49.4 Å². The van der Waals surface area contributed by atoms with Crippen LogP contribution in [0.15, 0.2) is 42.5 Å². The van der Waals surface area contributed by atoms with E-state index >= 15 is 0 Å². The highest BCUT2D eigenvalue weighted by atomic mass is 16.2. The van der Waals surface area contributed by atoms with Crippen LogP contribution in [0.1, 0.15) is 6.42 Å². The van der Waals surface area contributed by atoms with Gasteiger partial charge in [-0.05, 0) is 42.2 Å². The molecule has 4 nitrogen and oxygen atoms in total. The summed E-state index contributed by atoms with van der Waals surface area (Å²) in [6.45, 7) is 0. The second kappa shape index (κ2) is 3.75. The molecule has 6 rings (SSSR count). The van der Waals surface area contributed by atoms with Gasteiger partial charge in [-0.2, -0.15) is 0 Å². The van der Waals surface area contributed by atoms with Gasteiger partial charge < -0.3 is 0 Å². The maximum atomic E-state index is 12.9. The quantitative estimate of drug-likeness (QED) is 0.797. The predicted molar refractivity (Wildman–Crippen MR) is 76.8 cm³/mol. The molecule has 1 aromatic rings. The van der Waals surface area contributed by atoms with Gasteiger partial charge in [0.05, 0.1) is 17.5 Å². The van der Waals surface area contributed by atoms with Crippen LogP contribution in [0.2, 0.25) is 0 Å². The van der Waals surface area contributed by atoms with Gasteiger partial charge in [0.25, 0.3) is 0 Å². The van der Waals surface area contributed by atoms with Crippen molar-refractivity contribution in [3.05, 3.63) is 42.5 Å². The lowest BCUT2D eigenvalue weighted by atomic mass is 9.61. The molecule has 1 N–H and O–H groups in total. The fourth-order valence-electron chi connectivity index (χ4n) is 4.73. The molecule has 21 heavy (non-hydrogen) atoms. The first-order valence-corrected chi connectivity index (χ1v) is 7.63. The second-order valence-corrected chi connectivity index (χ2v) is 6.64. The van der Waals surface area contributed by atoms with E-state index in [0.717, 1.165) is 5.69 Å². The molecule has 0 radical (unpaired) electrons. The zero-order chi connectivity index (χ0) is 14.1. The Labute approximate surface area is 122 Å². The summed E-state index contributed by atoms with van der Waals surface area (Å²) in [5, 5.41) is 1.45. The maximum absolute atomic E-state index is 12.9. The number of hydrogen-bond donors (Lipinski definition) is 1. The third kappa shape index (κ3) is 1.40. The number of rotatable bonds is 1. The molecule has 0 unspecified atom stereocenters. The summed E-state index contributed by atoms with van der Waals surface area (Å²) in [4.78, 5) is 25.5. The highest BCUT2D eigenvalue weighted by Gasteiger charge is 2.64. The molecule has 0 spiro atoms. The Hall–Kier alpha value is -2.10. The van der Waals surface area contributed by atoms with E-state index in [9.17, 15) is 9.59 Å². The van der Waals surface area contributed by atoms with E-state index in [-0.39, 0.29) is 35.5 Å². The highest BCUT2D eigenvalue weighted by molar-refractivity contribution is 6.04. The summed E-state index contributed by atoms with van der Waals surface area (Å²) in [7, 11) is 0. The summed E-state index contributed by atoms with van der Waals surface area (Å²) in [6, 6.07) is 9.38. The minimum absolute atomic E-state index is 0.00755. The summed E-state index contributed by atoms with van der Waals surface area (Å²) >= 11 is 0. The van der Waals surface area contributed by atoms with Gasteiger partial charge in [-0.3, -0.25) is 15.0 Å². The Kier molecular flexibility index (Phi) is 2.06. The summed E-state index contributed by atoms with van der Waals surface area (Å²) < 4.78 is 0. The molecule has 4 aliphatic carbocycles. The molecule has 2 amide bonds. The van der Waals surface area contributed by atoms with Gasteiger partial charge in [0.2, 0.25) is 11.8 Å². The molecule has 2 bridgehead atoms. The van der Waals surface area contributed by atoms with Crippen molar-refractivity contribution in [3.63, 3.8) is 0 Å². The van der Waals surface area contributed by atoms with Crippen molar-refractivity contribution in [1.82, 2.24) is 5.43 Å². The molecular weight excluding hydrogens is 264 g/mol. The van der Waals surface area contributed by atoms with Crippen LogP contribution in [-0.4, -0.2) is 11.8 Å². The van der Waals surface area contributed by atoms with Crippen molar-refractivity contribution in [2.45, 2.75) is 6.42 Å². The lowest BCUT2D eigenvalue weighted by Gasteiger charge is -2.48. The fraction of sp³-hybridized carbons (Fsp3) is 0.412. The van der Waals surface area contributed by atoms with Crippen LogP contribution in [-0.2, 0) is 9.59 Å². The summed E-state index contributed by atoms with van der Waals surface area (Å²) in [6.07, 6.45) is 5.56. The molecule has 1 heterocycles. The first kappa shape index (κ1) is 11.5. The molecule has 2 saturated carbocycles. The zero-order valence-corrected chi connectivity index (χ0v) is 11.5. The van der Waals surface area contributed by atoms with Gasteiger partial charge in [-0.15, -0.1) is 0 Å². The van der Waals surface area contributed by atoms with Crippen LogP contribution in [0.3, 0.4) is 0 Å². The fourth-order valence-corrected chi connectivity index (χ4v) is 4.73. The normalized spacial score (nSPS) is 42.4. The van der Waals surface area contributed by atoms with Gasteiger partial charge in [0, 0.05) is 0 Å². The SMILES string of the molecule is O=C1NN(c2ccccc2)C(=O)[C@H]2[C@H]3C=C[C@H]([C@H]4C[C@@H]34)[C@@H]12. The van der Waals surface area contributed by atoms with E-state index in [1.165, 1.54) is 11.4 Å². The molecule has 106 valence electrons. The third-order valence-corrected chi connectivity index (χ3v) is 5.70. The van der Waals surface area contributed by atoms with Gasteiger partial charge >= 0.3 is 0 Å². The van der Waals surface area contributed by atoms with Crippen LogP contribution in [0.4, 0.5) is 5.69 Å². The van der Waals surface area contributed by atoms with Gasteiger partial charge in [-0.25, -0.2) is 5.01 Å². The average molecular weight is 280 g/mol. The van der Waals surface area contributed by atoms with Crippen molar-refractivity contribution < 1.29 is 9.59 Å².